The van der Waals surface area contributed by atoms with Crippen LogP contribution >= 0.6 is 0 Å². The summed E-state index contributed by atoms with van der Waals surface area (Å²) in [6.45, 7) is 3.40. The lowest BCUT2D eigenvalue weighted by atomic mass is 9.86. The molecule has 0 amide bonds. The molecule has 0 saturated carbocycles. The third-order valence-electron chi connectivity index (χ3n) is 3.23. The largest absolute Gasteiger partial charge is 0.395 e. The van der Waals surface area contributed by atoms with Gasteiger partial charge in [-0.05, 0) is 37.8 Å². The Hall–Kier alpha value is -0.860. The minimum Gasteiger partial charge on any atom is -0.395 e. The van der Waals surface area contributed by atoms with Crippen molar-refractivity contribution in [1.29, 1.82) is 0 Å². The molecule has 2 N–H and O–H groups in total. The number of hydrogen-bond acceptors (Lipinski definition) is 2. The van der Waals surface area contributed by atoms with Crippen molar-refractivity contribution in [2.45, 2.75) is 31.7 Å². The molecule has 1 saturated heterocycles. The van der Waals surface area contributed by atoms with Gasteiger partial charge in [-0.1, -0.05) is 29.8 Å². The molecule has 0 aliphatic carbocycles. The summed E-state index contributed by atoms with van der Waals surface area (Å²) in [5.74, 6) is 0.614. The highest BCUT2D eigenvalue weighted by molar-refractivity contribution is 5.26. The molecule has 2 unspecified atom stereocenters. The van der Waals surface area contributed by atoms with Gasteiger partial charge in [0.15, 0.2) is 0 Å². The molecule has 15 heavy (non-hydrogen) atoms. The van der Waals surface area contributed by atoms with Crippen LogP contribution < -0.4 is 5.32 Å². The van der Waals surface area contributed by atoms with Crippen molar-refractivity contribution in [2.24, 2.45) is 0 Å². The van der Waals surface area contributed by atoms with Crippen LogP contribution in [0.2, 0.25) is 0 Å². The molecule has 2 atom stereocenters. The van der Waals surface area contributed by atoms with E-state index >= 15 is 0 Å². The molecule has 1 heterocycles. The van der Waals surface area contributed by atoms with Gasteiger partial charge >= 0.3 is 0 Å². The third kappa shape index (κ3) is 2.58. The lowest BCUT2D eigenvalue weighted by molar-refractivity contribution is 0.210. The Morgan fingerprint density at radius 2 is 2.33 bits per heavy atom. The number of nitrogens with one attached hydrogen (secondary N) is 1. The van der Waals surface area contributed by atoms with Gasteiger partial charge in [-0.25, -0.2) is 0 Å². The average Bonchev–Trinajstić information content (AvgIpc) is 2.29. The zero-order valence-electron chi connectivity index (χ0n) is 9.24. The number of aliphatic hydroxyl groups is 1. The normalized spacial score (nSPS) is 26.5. The molecule has 2 nitrogen and oxygen atoms in total. The lowest BCUT2D eigenvalue weighted by Gasteiger charge is -2.29. The fourth-order valence-electron chi connectivity index (χ4n) is 2.37. The maximum atomic E-state index is 9.15. The van der Waals surface area contributed by atoms with E-state index in [1.165, 1.54) is 17.5 Å². The first-order valence-electron chi connectivity index (χ1n) is 5.70. The second kappa shape index (κ2) is 4.77. The number of aryl methyl sites for hydroxylation is 1. The van der Waals surface area contributed by atoms with E-state index in [4.69, 9.17) is 5.11 Å². The zero-order valence-corrected chi connectivity index (χ0v) is 9.24. The van der Waals surface area contributed by atoms with Gasteiger partial charge < -0.3 is 10.4 Å². The second-order valence-corrected chi connectivity index (χ2v) is 4.47. The zero-order chi connectivity index (χ0) is 10.7. The van der Waals surface area contributed by atoms with Crippen LogP contribution in [0.1, 0.15) is 29.9 Å². The quantitative estimate of drug-likeness (QED) is 0.772. The summed E-state index contributed by atoms with van der Waals surface area (Å²) in [6, 6.07) is 9.01. The fourth-order valence-corrected chi connectivity index (χ4v) is 2.37. The Morgan fingerprint density at radius 1 is 1.47 bits per heavy atom. The van der Waals surface area contributed by atoms with Crippen LogP contribution in [0.5, 0.6) is 0 Å². The van der Waals surface area contributed by atoms with Gasteiger partial charge in [0.25, 0.3) is 0 Å². The second-order valence-electron chi connectivity index (χ2n) is 4.47. The molecule has 1 aromatic rings. The number of piperidine rings is 1. The molecule has 2 rings (SSSR count). The molecule has 1 fully saturated rings. The Balaban J connectivity index is 2.09. The SMILES string of the molecule is Cc1cccc(C2CCNC(CO)C2)c1. The highest BCUT2D eigenvalue weighted by Gasteiger charge is 2.21. The summed E-state index contributed by atoms with van der Waals surface area (Å²) in [5.41, 5.74) is 2.75. The van der Waals surface area contributed by atoms with Crippen molar-refractivity contribution >= 4 is 0 Å². The molecule has 1 aliphatic heterocycles. The van der Waals surface area contributed by atoms with Crippen LogP contribution in [0.25, 0.3) is 0 Å². The molecule has 0 spiro atoms. The van der Waals surface area contributed by atoms with E-state index in [0.717, 1.165) is 13.0 Å². The standard InChI is InChI=1S/C13H19NO/c1-10-3-2-4-11(7-10)12-5-6-14-13(8-12)9-15/h2-4,7,12-15H,5-6,8-9H2,1H3. The first-order valence-corrected chi connectivity index (χ1v) is 5.70. The highest BCUT2D eigenvalue weighted by atomic mass is 16.3. The summed E-state index contributed by atoms with van der Waals surface area (Å²) >= 11 is 0. The molecule has 1 aliphatic rings. The monoisotopic (exact) mass is 205 g/mol. The first-order chi connectivity index (χ1) is 7.29. The minimum absolute atomic E-state index is 0.252. The highest BCUT2D eigenvalue weighted by Crippen LogP contribution is 2.27. The minimum atomic E-state index is 0.252. The molecular formula is C13H19NO. The predicted molar refractivity (Wildman–Crippen MR) is 62.0 cm³/mol. The summed E-state index contributed by atoms with van der Waals surface area (Å²) in [6.07, 6.45) is 2.24. The van der Waals surface area contributed by atoms with E-state index < -0.39 is 0 Å². The maximum absolute atomic E-state index is 9.15. The van der Waals surface area contributed by atoms with Crippen molar-refractivity contribution in [2.75, 3.05) is 13.2 Å². The van der Waals surface area contributed by atoms with Crippen LogP contribution in [0.15, 0.2) is 24.3 Å². The van der Waals surface area contributed by atoms with Crippen molar-refractivity contribution in [3.05, 3.63) is 35.4 Å². The van der Waals surface area contributed by atoms with E-state index in [1.807, 2.05) is 0 Å². The van der Waals surface area contributed by atoms with Gasteiger partial charge in [-0.15, -0.1) is 0 Å². The van der Waals surface area contributed by atoms with Crippen LogP contribution in [-0.4, -0.2) is 24.3 Å². The Morgan fingerprint density at radius 3 is 3.07 bits per heavy atom. The summed E-state index contributed by atoms with van der Waals surface area (Å²) in [5, 5.41) is 12.5. The van der Waals surface area contributed by atoms with Crippen molar-refractivity contribution < 1.29 is 5.11 Å². The third-order valence-corrected chi connectivity index (χ3v) is 3.23. The molecule has 0 radical (unpaired) electrons. The lowest BCUT2D eigenvalue weighted by Crippen LogP contribution is -2.39. The van der Waals surface area contributed by atoms with Crippen LogP contribution in [0, 0.1) is 6.92 Å². The summed E-state index contributed by atoms with van der Waals surface area (Å²) in [7, 11) is 0. The molecule has 2 heteroatoms. The Labute approximate surface area is 91.3 Å². The Bertz CT molecular complexity index is 324. The number of benzene rings is 1. The van der Waals surface area contributed by atoms with Gasteiger partial charge in [0.2, 0.25) is 0 Å². The number of rotatable bonds is 2. The molecule has 82 valence electrons. The smallest absolute Gasteiger partial charge is 0.0584 e. The maximum Gasteiger partial charge on any atom is 0.0584 e. The number of hydrogen-bond donors (Lipinski definition) is 2. The van der Waals surface area contributed by atoms with E-state index in [1.54, 1.807) is 0 Å². The predicted octanol–water partition coefficient (Wildman–Crippen LogP) is 1.82. The van der Waals surface area contributed by atoms with Gasteiger partial charge in [-0.3, -0.25) is 0 Å². The van der Waals surface area contributed by atoms with Crippen molar-refractivity contribution in [3.8, 4) is 0 Å². The summed E-state index contributed by atoms with van der Waals surface area (Å²) in [4.78, 5) is 0. The first kappa shape index (κ1) is 10.7. The molecular weight excluding hydrogens is 186 g/mol. The molecule has 1 aromatic carbocycles. The van der Waals surface area contributed by atoms with Crippen LogP contribution in [0.3, 0.4) is 0 Å². The van der Waals surface area contributed by atoms with E-state index in [-0.39, 0.29) is 12.6 Å². The van der Waals surface area contributed by atoms with E-state index in [0.29, 0.717) is 5.92 Å². The topological polar surface area (TPSA) is 32.3 Å². The van der Waals surface area contributed by atoms with E-state index in [9.17, 15) is 0 Å². The number of aliphatic hydroxyl groups excluding tert-OH is 1. The van der Waals surface area contributed by atoms with Gasteiger partial charge in [0.05, 0.1) is 6.61 Å². The van der Waals surface area contributed by atoms with Crippen molar-refractivity contribution in [3.63, 3.8) is 0 Å². The van der Waals surface area contributed by atoms with Gasteiger partial charge in [0.1, 0.15) is 0 Å². The molecule has 0 bridgehead atoms. The van der Waals surface area contributed by atoms with Crippen molar-refractivity contribution in [1.82, 2.24) is 5.32 Å². The molecule has 0 aromatic heterocycles. The van der Waals surface area contributed by atoms with Crippen LogP contribution in [0.4, 0.5) is 0 Å². The van der Waals surface area contributed by atoms with Crippen LogP contribution in [-0.2, 0) is 0 Å². The van der Waals surface area contributed by atoms with Gasteiger partial charge in [-0.2, -0.15) is 0 Å². The van der Waals surface area contributed by atoms with Gasteiger partial charge in [0, 0.05) is 6.04 Å². The average molecular weight is 205 g/mol. The van der Waals surface area contributed by atoms with E-state index in [2.05, 4.69) is 36.5 Å². The fraction of sp³-hybridized carbons (Fsp3) is 0.538. The Kier molecular flexibility index (Phi) is 3.39. The summed E-state index contributed by atoms with van der Waals surface area (Å²) < 4.78 is 0.